The van der Waals surface area contributed by atoms with Gasteiger partial charge in [0.2, 0.25) is 0 Å². The predicted octanol–water partition coefficient (Wildman–Crippen LogP) is 3.49. The van der Waals surface area contributed by atoms with E-state index in [1.807, 2.05) is 6.92 Å². The van der Waals surface area contributed by atoms with Gasteiger partial charge in [0, 0.05) is 10.8 Å². The maximum atomic E-state index is 5.74. The largest absolute Gasteiger partial charge is 0.375 e. The summed E-state index contributed by atoms with van der Waals surface area (Å²) in [5, 5.41) is 0.660. The molecular weight excluding hydrogens is 216 g/mol. The Kier molecular flexibility index (Phi) is 2.97. The number of nitrogen functional groups attached to an aromatic ring is 1. The quantitative estimate of drug-likeness (QED) is 0.860. The summed E-state index contributed by atoms with van der Waals surface area (Å²) in [6.07, 6.45) is 0. The Hall–Kier alpha value is -1.35. The maximum absolute atomic E-state index is 5.74. The molecule has 2 rings (SSSR count). The zero-order chi connectivity index (χ0) is 11.7. The van der Waals surface area contributed by atoms with Crippen molar-refractivity contribution >= 4 is 16.5 Å². The highest BCUT2D eigenvalue weighted by Crippen LogP contribution is 2.33. The van der Waals surface area contributed by atoms with E-state index in [0.717, 1.165) is 5.69 Å². The Balaban J connectivity index is 2.43. The topological polar surface area (TPSA) is 38.9 Å². The van der Waals surface area contributed by atoms with E-state index in [4.69, 9.17) is 5.73 Å². The first-order chi connectivity index (χ1) is 7.59. The van der Waals surface area contributed by atoms with Crippen molar-refractivity contribution in [3.8, 4) is 0 Å². The summed E-state index contributed by atoms with van der Waals surface area (Å²) in [6, 6.07) is 8.47. The van der Waals surface area contributed by atoms with Gasteiger partial charge in [-0.1, -0.05) is 31.2 Å². The number of anilines is 1. The van der Waals surface area contributed by atoms with Crippen LogP contribution in [0.1, 0.15) is 34.5 Å². The highest BCUT2D eigenvalue weighted by Gasteiger charge is 2.16. The van der Waals surface area contributed by atoms with Crippen molar-refractivity contribution in [3.63, 3.8) is 0 Å². The summed E-state index contributed by atoms with van der Waals surface area (Å²) < 4.78 is 0. The lowest BCUT2D eigenvalue weighted by atomic mass is 9.94. The van der Waals surface area contributed by atoms with Crippen LogP contribution in [0, 0.1) is 13.8 Å². The fraction of sp³-hybridized carbons (Fsp3) is 0.308. The van der Waals surface area contributed by atoms with Gasteiger partial charge >= 0.3 is 0 Å². The molecule has 2 N–H and O–H groups in total. The van der Waals surface area contributed by atoms with E-state index in [0.29, 0.717) is 11.0 Å². The highest BCUT2D eigenvalue weighted by atomic mass is 32.1. The van der Waals surface area contributed by atoms with Gasteiger partial charge in [0.15, 0.2) is 5.13 Å². The fourth-order valence-corrected chi connectivity index (χ4v) is 2.95. The predicted molar refractivity (Wildman–Crippen MR) is 70.0 cm³/mol. The Morgan fingerprint density at radius 2 is 1.94 bits per heavy atom. The third-order valence-corrected chi connectivity index (χ3v) is 4.07. The third-order valence-electron chi connectivity index (χ3n) is 2.90. The van der Waals surface area contributed by atoms with Gasteiger partial charge in [-0.25, -0.2) is 4.98 Å². The van der Waals surface area contributed by atoms with E-state index >= 15 is 0 Å². The number of thiazole rings is 1. The first-order valence-electron chi connectivity index (χ1n) is 5.38. The van der Waals surface area contributed by atoms with Crippen molar-refractivity contribution in [2.45, 2.75) is 26.7 Å². The molecule has 0 fully saturated rings. The molecule has 0 amide bonds. The highest BCUT2D eigenvalue weighted by molar-refractivity contribution is 7.15. The second-order valence-electron chi connectivity index (χ2n) is 4.08. The van der Waals surface area contributed by atoms with Gasteiger partial charge in [-0.15, -0.1) is 11.3 Å². The second kappa shape index (κ2) is 4.26. The van der Waals surface area contributed by atoms with Crippen molar-refractivity contribution in [2.75, 3.05) is 5.73 Å². The molecule has 1 aromatic heterocycles. The molecule has 0 bridgehead atoms. The van der Waals surface area contributed by atoms with Gasteiger partial charge in [-0.05, 0) is 25.0 Å². The summed E-state index contributed by atoms with van der Waals surface area (Å²) in [5.41, 5.74) is 9.47. The lowest BCUT2D eigenvalue weighted by molar-refractivity contribution is 0.915. The summed E-state index contributed by atoms with van der Waals surface area (Å²) in [6.45, 7) is 6.38. The molecule has 84 valence electrons. The summed E-state index contributed by atoms with van der Waals surface area (Å²) in [7, 11) is 0. The molecule has 1 unspecified atom stereocenters. The molecule has 1 atom stereocenters. The number of hydrogen-bond donors (Lipinski definition) is 1. The van der Waals surface area contributed by atoms with E-state index in [1.54, 1.807) is 11.3 Å². The van der Waals surface area contributed by atoms with Crippen LogP contribution < -0.4 is 5.73 Å². The zero-order valence-corrected chi connectivity index (χ0v) is 10.6. The van der Waals surface area contributed by atoms with Crippen LogP contribution in [-0.4, -0.2) is 4.98 Å². The van der Waals surface area contributed by atoms with Crippen LogP contribution in [0.3, 0.4) is 0 Å². The van der Waals surface area contributed by atoms with Gasteiger partial charge in [-0.3, -0.25) is 0 Å². The van der Waals surface area contributed by atoms with Crippen molar-refractivity contribution in [1.82, 2.24) is 4.98 Å². The Morgan fingerprint density at radius 1 is 1.25 bits per heavy atom. The van der Waals surface area contributed by atoms with Crippen LogP contribution in [0.5, 0.6) is 0 Å². The summed E-state index contributed by atoms with van der Waals surface area (Å²) in [5.74, 6) is 0.371. The number of nitrogens with two attached hydrogens (primary N) is 1. The molecule has 0 saturated carbocycles. The molecule has 2 nitrogen and oxygen atoms in total. The van der Waals surface area contributed by atoms with Crippen LogP contribution in [-0.2, 0) is 0 Å². The van der Waals surface area contributed by atoms with Crippen molar-refractivity contribution in [1.29, 1.82) is 0 Å². The van der Waals surface area contributed by atoms with Crippen molar-refractivity contribution in [3.05, 3.63) is 46.0 Å². The van der Waals surface area contributed by atoms with Gasteiger partial charge in [0.1, 0.15) is 0 Å². The molecular formula is C13H16N2S. The lowest BCUT2D eigenvalue weighted by Gasteiger charge is -2.13. The van der Waals surface area contributed by atoms with Crippen LogP contribution in [0.25, 0.3) is 0 Å². The molecule has 0 radical (unpaired) electrons. The molecule has 2 aromatic rings. The molecule has 0 aliphatic carbocycles. The van der Waals surface area contributed by atoms with Crippen molar-refractivity contribution < 1.29 is 0 Å². The van der Waals surface area contributed by atoms with E-state index in [-0.39, 0.29) is 0 Å². The maximum Gasteiger partial charge on any atom is 0.180 e. The number of aromatic nitrogens is 1. The molecule has 16 heavy (non-hydrogen) atoms. The lowest BCUT2D eigenvalue weighted by Crippen LogP contribution is -1.98. The third kappa shape index (κ3) is 1.95. The van der Waals surface area contributed by atoms with Gasteiger partial charge in [0.05, 0.1) is 5.69 Å². The normalized spacial score (nSPS) is 12.7. The standard InChI is InChI=1S/C13H16N2S/c1-8-6-4-5-7-11(8)9(2)12-10(3)15-13(14)16-12/h4-7,9H,1-3H3,(H2,14,15). The Bertz CT molecular complexity index is 502. The first-order valence-corrected chi connectivity index (χ1v) is 6.19. The van der Waals surface area contributed by atoms with Gasteiger partial charge < -0.3 is 5.73 Å². The molecule has 0 spiro atoms. The SMILES string of the molecule is Cc1ccccc1C(C)c1sc(N)nc1C. The molecule has 1 aromatic carbocycles. The first kappa shape index (κ1) is 11.1. The Labute approximate surface area is 100 Å². The minimum Gasteiger partial charge on any atom is -0.375 e. The van der Waals surface area contributed by atoms with Crippen LogP contribution in [0.15, 0.2) is 24.3 Å². The molecule has 0 saturated heterocycles. The molecule has 0 aliphatic rings. The average Bonchev–Trinajstić information content (AvgIpc) is 2.58. The van der Waals surface area contributed by atoms with E-state index in [2.05, 4.69) is 43.1 Å². The van der Waals surface area contributed by atoms with Gasteiger partial charge in [0.25, 0.3) is 0 Å². The van der Waals surface area contributed by atoms with Crippen LogP contribution >= 0.6 is 11.3 Å². The fourth-order valence-electron chi connectivity index (χ4n) is 2.05. The monoisotopic (exact) mass is 232 g/mol. The Morgan fingerprint density at radius 3 is 2.50 bits per heavy atom. The van der Waals surface area contributed by atoms with E-state index in [9.17, 15) is 0 Å². The zero-order valence-electron chi connectivity index (χ0n) is 9.82. The van der Waals surface area contributed by atoms with Crippen molar-refractivity contribution in [2.24, 2.45) is 0 Å². The molecule has 3 heteroatoms. The van der Waals surface area contributed by atoms with Crippen LogP contribution in [0.2, 0.25) is 0 Å². The molecule has 1 heterocycles. The summed E-state index contributed by atoms with van der Waals surface area (Å²) in [4.78, 5) is 5.55. The smallest absolute Gasteiger partial charge is 0.180 e. The number of hydrogen-bond acceptors (Lipinski definition) is 3. The summed E-state index contributed by atoms with van der Waals surface area (Å²) >= 11 is 1.59. The van der Waals surface area contributed by atoms with E-state index < -0.39 is 0 Å². The minimum absolute atomic E-state index is 0.371. The number of aryl methyl sites for hydroxylation is 2. The van der Waals surface area contributed by atoms with Crippen LogP contribution in [0.4, 0.5) is 5.13 Å². The number of nitrogens with zero attached hydrogens (tertiary/aromatic N) is 1. The second-order valence-corrected chi connectivity index (χ2v) is 5.14. The van der Waals surface area contributed by atoms with E-state index in [1.165, 1.54) is 16.0 Å². The minimum atomic E-state index is 0.371. The molecule has 0 aliphatic heterocycles. The number of rotatable bonds is 2. The van der Waals surface area contributed by atoms with Gasteiger partial charge in [-0.2, -0.15) is 0 Å². The number of benzene rings is 1. The average molecular weight is 232 g/mol.